The molecule has 1 aliphatic heterocycles. The van der Waals surface area contributed by atoms with Gasteiger partial charge in [0.05, 0.1) is 12.4 Å². The van der Waals surface area contributed by atoms with Gasteiger partial charge in [-0.15, -0.1) is 0 Å². The summed E-state index contributed by atoms with van der Waals surface area (Å²) in [7, 11) is -3.07. The molecule has 5 nitrogen and oxygen atoms in total. The van der Waals surface area contributed by atoms with E-state index < -0.39 is 10.0 Å². The first-order valence-electron chi connectivity index (χ1n) is 6.81. The molecule has 2 unspecified atom stereocenters. The van der Waals surface area contributed by atoms with Crippen LogP contribution in [-0.2, 0) is 10.0 Å². The van der Waals surface area contributed by atoms with Crippen molar-refractivity contribution >= 4 is 10.0 Å². The van der Waals surface area contributed by atoms with Gasteiger partial charge in [-0.1, -0.05) is 0 Å². The van der Waals surface area contributed by atoms with E-state index in [0.29, 0.717) is 38.0 Å². The van der Waals surface area contributed by atoms with Gasteiger partial charge in [0.25, 0.3) is 0 Å². The van der Waals surface area contributed by atoms with Crippen LogP contribution in [0.4, 0.5) is 0 Å². The normalized spacial score (nSPS) is 28.2. The predicted octanol–water partition coefficient (Wildman–Crippen LogP) is 0.161. The average Bonchev–Trinajstić information content (AvgIpc) is 3.09. The lowest BCUT2D eigenvalue weighted by Crippen LogP contribution is -2.41. The zero-order valence-electron chi connectivity index (χ0n) is 11.0. The van der Waals surface area contributed by atoms with Crippen molar-refractivity contribution in [2.24, 2.45) is 5.92 Å². The molecule has 0 radical (unpaired) electrons. The van der Waals surface area contributed by atoms with Crippen molar-refractivity contribution in [3.05, 3.63) is 0 Å². The third-order valence-corrected chi connectivity index (χ3v) is 5.05. The number of nitrogens with zero attached hydrogens (tertiary/aromatic N) is 1. The number of piperidine rings is 1. The Kier molecular flexibility index (Phi) is 4.64. The van der Waals surface area contributed by atoms with Gasteiger partial charge in [-0.3, -0.25) is 0 Å². The third kappa shape index (κ3) is 4.50. The molecule has 0 spiro atoms. The van der Waals surface area contributed by atoms with Crippen molar-refractivity contribution in [2.45, 2.75) is 44.2 Å². The molecule has 2 N–H and O–H groups in total. The lowest BCUT2D eigenvalue weighted by molar-refractivity contribution is 0.120. The van der Waals surface area contributed by atoms with E-state index in [1.807, 2.05) is 0 Å². The van der Waals surface area contributed by atoms with E-state index in [-0.39, 0.29) is 6.10 Å². The summed E-state index contributed by atoms with van der Waals surface area (Å²) in [4.78, 5) is 0. The van der Waals surface area contributed by atoms with E-state index in [9.17, 15) is 13.5 Å². The fourth-order valence-corrected chi connectivity index (χ4v) is 3.52. The molecular formula is C12H24N2O3S. The molecule has 2 rings (SSSR count). The molecule has 0 aromatic carbocycles. The molecule has 0 aromatic heterocycles. The van der Waals surface area contributed by atoms with Crippen LogP contribution < -0.4 is 5.32 Å². The Labute approximate surface area is 110 Å². The molecule has 106 valence electrons. The Morgan fingerprint density at radius 2 is 2.11 bits per heavy atom. The maximum Gasteiger partial charge on any atom is 0.211 e. The topological polar surface area (TPSA) is 69.6 Å². The summed E-state index contributed by atoms with van der Waals surface area (Å²) < 4.78 is 24.5. The number of aliphatic hydroxyl groups excluding tert-OH is 1. The lowest BCUT2D eigenvalue weighted by Gasteiger charge is -2.32. The number of hydrogen-bond acceptors (Lipinski definition) is 4. The first-order chi connectivity index (χ1) is 8.45. The second-order valence-corrected chi connectivity index (χ2v) is 7.68. The van der Waals surface area contributed by atoms with Gasteiger partial charge in [-0.05, 0) is 38.0 Å². The highest BCUT2D eigenvalue weighted by Crippen LogP contribution is 2.23. The van der Waals surface area contributed by atoms with E-state index in [4.69, 9.17) is 0 Å². The van der Waals surface area contributed by atoms with E-state index in [1.165, 1.54) is 19.1 Å². The minimum Gasteiger partial charge on any atom is -0.392 e. The van der Waals surface area contributed by atoms with Crippen LogP contribution in [0.25, 0.3) is 0 Å². The molecule has 2 aliphatic rings. The van der Waals surface area contributed by atoms with Gasteiger partial charge in [0.1, 0.15) is 0 Å². The molecule has 0 bridgehead atoms. The van der Waals surface area contributed by atoms with Gasteiger partial charge < -0.3 is 10.4 Å². The Morgan fingerprint density at radius 3 is 2.72 bits per heavy atom. The predicted molar refractivity (Wildman–Crippen MR) is 70.8 cm³/mol. The third-order valence-electron chi connectivity index (χ3n) is 3.78. The van der Waals surface area contributed by atoms with Gasteiger partial charge in [-0.2, -0.15) is 0 Å². The fourth-order valence-electron chi connectivity index (χ4n) is 2.58. The van der Waals surface area contributed by atoms with Gasteiger partial charge in [-0.25, -0.2) is 12.7 Å². The van der Waals surface area contributed by atoms with Crippen LogP contribution in [0.5, 0.6) is 0 Å². The van der Waals surface area contributed by atoms with Crippen molar-refractivity contribution in [2.75, 3.05) is 25.9 Å². The summed E-state index contributed by atoms with van der Waals surface area (Å²) in [6.07, 6.45) is 5.98. The molecule has 1 saturated carbocycles. The van der Waals surface area contributed by atoms with Gasteiger partial charge >= 0.3 is 0 Å². The summed E-state index contributed by atoms with van der Waals surface area (Å²) in [5.74, 6) is 0.296. The Balaban J connectivity index is 1.74. The first-order valence-corrected chi connectivity index (χ1v) is 8.66. The minimum absolute atomic E-state index is 0.296. The second-order valence-electron chi connectivity index (χ2n) is 5.70. The van der Waals surface area contributed by atoms with Gasteiger partial charge in [0.2, 0.25) is 10.0 Å². The van der Waals surface area contributed by atoms with E-state index in [0.717, 1.165) is 12.8 Å². The van der Waals surface area contributed by atoms with Crippen LogP contribution in [0.1, 0.15) is 32.1 Å². The van der Waals surface area contributed by atoms with Crippen molar-refractivity contribution in [1.82, 2.24) is 9.62 Å². The average molecular weight is 276 g/mol. The zero-order valence-corrected chi connectivity index (χ0v) is 11.8. The Bertz CT molecular complexity index is 368. The molecule has 2 fully saturated rings. The molecule has 1 heterocycles. The second kappa shape index (κ2) is 5.86. The maximum atomic E-state index is 11.5. The Morgan fingerprint density at radius 1 is 1.39 bits per heavy atom. The fraction of sp³-hybridized carbons (Fsp3) is 1.00. The van der Waals surface area contributed by atoms with Gasteiger partial charge in [0, 0.05) is 25.7 Å². The highest BCUT2D eigenvalue weighted by molar-refractivity contribution is 7.88. The molecule has 2 atom stereocenters. The van der Waals surface area contributed by atoms with Crippen LogP contribution in [0.15, 0.2) is 0 Å². The monoisotopic (exact) mass is 276 g/mol. The minimum atomic E-state index is -3.07. The summed E-state index contributed by atoms with van der Waals surface area (Å²) in [5.41, 5.74) is 0. The Hall–Kier alpha value is -0.170. The molecule has 1 saturated heterocycles. The number of aliphatic hydroxyl groups is 1. The highest BCUT2D eigenvalue weighted by Gasteiger charge is 2.28. The largest absolute Gasteiger partial charge is 0.392 e. The highest BCUT2D eigenvalue weighted by atomic mass is 32.2. The first kappa shape index (κ1) is 14.2. The van der Waals surface area contributed by atoms with Crippen LogP contribution in [0, 0.1) is 5.92 Å². The van der Waals surface area contributed by atoms with Crippen molar-refractivity contribution < 1.29 is 13.5 Å². The van der Waals surface area contributed by atoms with Crippen LogP contribution >= 0.6 is 0 Å². The van der Waals surface area contributed by atoms with Crippen LogP contribution in [0.3, 0.4) is 0 Å². The number of nitrogens with one attached hydrogen (secondary N) is 1. The number of rotatable bonds is 6. The van der Waals surface area contributed by atoms with E-state index in [1.54, 1.807) is 4.31 Å². The van der Waals surface area contributed by atoms with Crippen LogP contribution in [-0.4, -0.2) is 55.9 Å². The molecule has 6 heteroatoms. The molecule has 1 aliphatic carbocycles. The molecular weight excluding hydrogens is 252 g/mol. The molecule has 18 heavy (non-hydrogen) atoms. The van der Waals surface area contributed by atoms with Crippen LogP contribution in [0.2, 0.25) is 0 Å². The van der Waals surface area contributed by atoms with Gasteiger partial charge in [0.15, 0.2) is 0 Å². The van der Waals surface area contributed by atoms with E-state index in [2.05, 4.69) is 5.32 Å². The quantitative estimate of drug-likeness (QED) is 0.725. The number of sulfonamides is 1. The summed E-state index contributed by atoms with van der Waals surface area (Å²) >= 11 is 0. The smallest absolute Gasteiger partial charge is 0.211 e. The summed E-state index contributed by atoms with van der Waals surface area (Å²) in [6, 6.07) is 0.610. The SMILES string of the molecule is CS(=O)(=O)N1CCCC(CC(O)CNC2CC2)C1. The summed E-state index contributed by atoms with van der Waals surface area (Å²) in [6.45, 7) is 1.84. The lowest BCUT2D eigenvalue weighted by atomic mass is 9.93. The summed E-state index contributed by atoms with van der Waals surface area (Å²) in [5, 5.41) is 13.2. The molecule has 0 aromatic rings. The number of hydrogen-bond donors (Lipinski definition) is 2. The van der Waals surface area contributed by atoms with E-state index >= 15 is 0 Å². The van der Waals surface area contributed by atoms with Crippen molar-refractivity contribution in [1.29, 1.82) is 0 Å². The van der Waals surface area contributed by atoms with Crippen molar-refractivity contribution in [3.63, 3.8) is 0 Å². The maximum absolute atomic E-state index is 11.5. The zero-order chi connectivity index (χ0) is 13.2. The standard InChI is InChI=1S/C12H24N2O3S/c1-18(16,17)14-6-2-3-10(9-14)7-12(15)8-13-11-4-5-11/h10-13,15H,2-9H2,1H3. The molecule has 0 amide bonds. The van der Waals surface area contributed by atoms with Crippen molar-refractivity contribution in [3.8, 4) is 0 Å².